The van der Waals surface area contributed by atoms with Crippen molar-refractivity contribution in [1.29, 1.82) is 0 Å². The maximum Gasteiger partial charge on any atom is 0.0702 e. The number of rotatable bonds is 12. The molecule has 0 amide bonds. The molecule has 0 aliphatic heterocycles. The first-order chi connectivity index (χ1) is 21.7. The fourth-order valence-electron chi connectivity index (χ4n) is 7.90. The van der Waals surface area contributed by atoms with Crippen molar-refractivity contribution in [2.45, 2.75) is 83.5 Å². The van der Waals surface area contributed by atoms with Crippen LogP contribution < -0.4 is 0 Å². The fourth-order valence-corrected chi connectivity index (χ4v) is 7.90. The molecule has 0 radical (unpaired) electrons. The monoisotopic (exact) mass is 576 g/mol. The zero-order chi connectivity index (χ0) is 29.9. The van der Waals surface area contributed by atoms with E-state index in [1.54, 1.807) is 11.1 Å². The maximum absolute atomic E-state index is 4.66. The first-order valence-electron chi connectivity index (χ1n) is 16.9. The quantitative estimate of drug-likeness (QED) is 0.132. The summed E-state index contributed by atoms with van der Waals surface area (Å²) in [5.41, 5.74) is 12.0. The first-order valence-corrected chi connectivity index (χ1v) is 16.9. The van der Waals surface area contributed by atoms with Gasteiger partial charge in [0.25, 0.3) is 0 Å². The van der Waals surface area contributed by atoms with Gasteiger partial charge in [-0.25, -0.2) is 0 Å². The molecule has 7 rings (SSSR count). The van der Waals surface area contributed by atoms with Gasteiger partial charge in [-0.2, -0.15) is 0 Å². The van der Waals surface area contributed by atoms with Crippen LogP contribution in [0.25, 0.3) is 49.9 Å². The highest BCUT2D eigenvalue weighted by Gasteiger charge is 2.42. The predicted octanol–water partition coefficient (Wildman–Crippen LogP) is 12.1. The lowest BCUT2D eigenvalue weighted by Crippen LogP contribution is -2.25. The van der Waals surface area contributed by atoms with E-state index in [1.165, 1.54) is 103 Å². The van der Waals surface area contributed by atoms with Crippen LogP contribution in [0, 0.1) is 0 Å². The second kappa shape index (κ2) is 12.4. The van der Waals surface area contributed by atoms with E-state index < -0.39 is 0 Å². The summed E-state index contributed by atoms with van der Waals surface area (Å²) in [6, 6.07) is 38.5. The average molecular weight is 577 g/mol. The number of benzene rings is 4. The van der Waals surface area contributed by atoms with E-state index in [-0.39, 0.29) is 5.41 Å². The van der Waals surface area contributed by atoms with Crippen LogP contribution in [-0.2, 0) is 5.41 Å². The summed E-state index contributed by atoms with van der Waals surface area (Å²) >= 11 is 0. The van der Waals surface area contributed by atoms with Gasteiger partial charge in [-0.3, -0.25) is 4.98 Å². The standard InChI is InChI=1S/C42H44N2/c1-3-5-7-14-25-42(26-15-8-6-4-2)37-22-11-9-20-33(37)35-29-36-34-21-10-12-24-40(34)44(41(36)30-38(35)42)32-19-17-18-31(28-32)39-23-13-16-27-43-39/h9-13,16-24,27-30H,3-8,14-15,25-26H2,1-2H3. The van der Waals surface area contributed by atoms with Gasteiger partial charge in [0.1, 0.15) is 0 Å². The lowest BCUT2D eigenvalue weighted by molar-refractivity contribution is 0.401. The highest BCUT2D eigenvalue weighted by molar-refractivity contribution is 6.11. The van der Waals surface area contributed by atoms with Gasteiger partial charge in [0.2, 0.25) is 0 Å². The molecule has 0 atom stereocenters. The second-order valence-electron chi connectivity index (χ2n) is 12.8. The van der Waals surface area contributed by atoms with E-state index in [9.17, 15) is 0 Å². The molecule has 0 spiro atoms. The summed E-state index contributed by atoms with van der Waals surface area (Å²) in [7, 11) is 0. The van der Waals surface area contributed by atoms with Crippen molar-refractivity contribution >= 4 is 21.8 Å². The third kappa shape index (κ3) is 4.95. The highest BCUT2D eigenvalue weighted by Crippen LogP contribution is 2.55. The number of fused-ring (bicyclic) bond motifs is 6. The molecule has 1 aliphatic carbocycles. The Morgan fingerprint density at radius 2 is 1.32 bits per heavy atom. The largest absolute Gasteiger partial charge is 0.309 e. The zero-order valence-electron chi connectivity index (χ0n) is 26.4. The van der Waals surface area contributed by atoms with Crippen LogP contribution in [0.5, 0.6) is 0 Å². The lowest BCUT2D eigenvalue weighted by atomic mass is 9.70. The predicted molar refractivity (Wildman–Crippen MR) is 188 cm³/mol. The Bertz CT molecular complexity index is 1880. The number of nitrogens with zero attached hydrogens (tertiary/aromatic N) is 2. The van der Waals surface area contributed by atoms with E-state index in [0.717, 1.165) is 11.3 Å². The van der Waals surface area contributed by atoms with Gasteiger partial charge in [0.15, 0.2) is 0 Å². The molecular formula is C42H44N2. The average Bonchev–Trinajstić information content (AvgIpc) is 3.54. The van der Waals surface area contributed by atoms with E-state index >= 15 is 0 Å². The van der Waals surface area contributed by atoms with Crippen LogP contribution in [0.2, 0.25) is 0 Å². The van der Waals surface area contributed by atoms with E-state index in [2.05, 4.69) is 120 Å². The molecule has 2 aromatic heterocycles. The van der Waals surface area contributed by atoms with E-state index in [4.69, 9.17) is 0 Å². The molecule has 0 bridgehead atoms. The summed E-state index contributed by atoms with van der Waals surface area (Å²) in [5.74, 6) is 0. The summed E-state index contributed by atoms with van der Waals surface area (Å²) < 4.78 is 2.50. The van der Waals surface area contributed by atoms with Gasteiger partial charge in [-0.05, 0) is 77.6 Å². The third-order valence-electron chi connectivity index (χ3n) is 10.0. The molecule has 0 saturated heterocycles. The van der Waals surface area contributed by atoms with Gasteiger partial charge in [0.05, 0.1) is 16.7 Å². The van der Waals surface area contributed by atoms with Crippen molar-refractivity contribution in [2.75, 3.05) is 0 Å². The van der Waals surface area contributed by atoms with Crippen molar-refractivity contribution in [3.8, 4) is 28.1 Å². The molecule has 2 heteroatoms. The number of unbranched alkanes of at least 4 members (excludes halogenated alkanes) is 6. The summed E-state index contributed by atoms with van der Waals surface area (Å²) in [6.07, 6.45) is 14.7. The molecule has 0 saturated carbocycles. The third-order valence-corrected chi connectivity index (χ3v) is 10.0. The Labute approximate surface area is 262 Å². The minimum absolute atomic E-state index is 0.0681. The fraction of sp³-hybridized carbons (Fsp3) is 0.310. The Kier molecular flexibility index (Phi) is 8.09. The Hall–Kier alpha value is -4.17. The van der Waals surface area contributed by atoms with Crippen LogP contribution in [0.3, 0.4) is 0 Å². The number of para-hydroxylation sites is 1. The maximum atomic E-state index is 4.66. The summed E-state index contributed by atoms with van der Waals surface area (Å²) in [4.78, 5) is 4.66. The lowest BCUT2D eigenvalue weighted by Gasteiger charge is -2.33. The van der Waals surface area contributed by atoms with Crippen molar-refractivity contribution in [3.63, 3.8) is 0 Å². The van der Waals surface area contributed by atoms with Gasteiger partial charge in [-0.1, -0.05) is 126 Å². The smallest absolute Gasteiger partial charge is 0.0702 e. The minimum atomic E-state index is 0.0681. The topological polar surface area (TPSA) is 17.8 Å². The Balaban J connectivity index is 1.45. The van der Waals surface area contributed by atoms with Crippen LogP contribution in [0.4, 0.5) is 0 Å². The minimum Gasteiger partial charge on any atom is -0.309 e. The van der Waals surface area contributed by atoms with E-state index in [0.29, 0.717) is 0 Å². The second-order valence-corrected chi connectivity index (χ2v) is 12.8. The Morgan fingerprint density at radius 1 is 0.568 bits per heavy atom. The van der Waals surface area contributed by atoms with Crippen LogP contribution in [0.1, 0.15) is 89.2 Å². The molecule has 0 unspecified atom stereocenters. The summed E-state index contributed by atoms with van der Waals surface area (Å²) in [6.45, 7) is 4.64. The van der Waals surface area contributed by atoms with Crippen LogP contribution in [0.15, 0.2) is 109 Å². The van der Waals surface area contributed by atoms with Crippen molar-refractivity contribution in [3.05, 3.63) is 120 Å². The highest BCUT2D eigenvalue weighted by atomic mass is 15.0. The molecule has 0 fully saturated rings. The Morgan fingerprint density at radius 3 is 2.09 bits per heavy atom. The van der Waals surface area contributed by atoms with Crippen molar-refractivity contribution in [2.24, 2.45) is 0 Å². The molecule has 6 aromatic rings. The van der Waals surface area contributed by atoms with Gasteiger partial charge in [-0.15, -0.1) is 0 Å². The van der Waals surface area contributed by atoms with Gasteiger partial charge >= 0.3 is 0 Å². The number of pyridine rings is 1. The van der Waals surface area contributed by atoms with E-state index in [1.807, 2.05) is 12.3 Å². The van der Waals surface area contributed by atoms with Gasteiger partial charge < -0.3 is 4.57 Å². The SMILES string of the molecule is CCCCCCC1(CCCCCC)c2ccccc2-c2cc3c4ccccc4n(-c4cccc(-c5ccccn5)c4)c3cc21. The molecule has 2 heterocycles. The van der Waals surface area contributed by atoms with Crippen molar-refractivity contribution < 1.29 is 0 Å². The summed E-state index contributed by atoms with van der Waals surface area (Å²) in [5, 5.41) is 2.65. The molecule has 4 aromatic carbocycles. The van der Waals surface area contributed by atoms with Gasteiger partial charge in [0, 0.05) is 33.6 Å². The first kappa shape index (κ1) is 28.6. The van der Waals surface area contributed by atoms with Crippen LogP contribution >= 0.6 is 0 Å². The van der Waals surface area contributed by atoms with Crippen molar-refractivity contribution in [1.82, 2.24) is 9.55 Å². The molecular weight excluding hydrogens is 532 g/mol. The number of hydrogen-bond acceptors (Lipinski definition) is 1. The normalized spacial score (nSPS) is 13.4. The zero-order valence-corrected chi connectivity index (χ0v) is 26.4. The molecule has 222 valence electrons. The molecule has 0 N–H and O–H groups in total. The number of aromatic nitrogens is 2. The molecule has 1 aliphatic rings. The number of hydrogen-bond donors (Lipinski definition) is 0. The molecule has 44 heavy (non-hydrogen) atoms. The molecule has 2 nitrogen and oxygen atoms in total. The van der Waals surface area contributed by atoms with Crippen LogP contribution in [-0.4, -0.2) is 9.55 Å².